The van der Waals surface area contributed by atoms with E-state index >= 15 is 0 Å². The van der Waals surface area contributed by atoms with E-state index in [0.717, 1.165) is 50.5 Å². The van der Waals surface area contributed by atoms with Crippen LogP contribution in [-0.2, 0) is 15.6 Å². The lowest BCUT2D eigenvalue weighted by Crippen LogP contribution is -2.52. The molecule has 0 radical (unpaired) electrons. The second-order valence-corrected chi connectivity index (χ2v) is 7.16. The lowest BCUT2D eigenvalue weighted by Gasteiger charge is -2.31. The molecular weight excluding hydrogens is 276 g/mol. The Morgan fingerprint density at radius 1 is 1.35 bits per heavy atom. The van der Waals surface area contributed by atoms with Gasteiger partial charge in [0, 0.05) is 35.4 Å². The highest BCUT2D eigenvalue weighted by molar-refractivity contribution is 7.85. The van der Waals surface area contributed by atoms with Crippen molar-refractivity contribution in [1.82, 2.24) is 10.2 Å². The SMILES string of the molecule is CCCNC(CC)(CCCN1CCS(=O)CC1)C(=O)O. The van der Waals surface area contributed by atoms with Gasteiger partial charge in [0.25, 0.3) is 0 Å². The molecule has 1 rings (SSSR count). The molecule has 118 valence electrons. The van der Waals surface area contributed by atoms with Crippen molar-refractivity contribution in [3.05, 3.63) is 0 Å². The molecule has 1 atom stereocenters. The maximum absolute atomic E-state index is 11.6. The number of hydrogen-bond donors (Lipinski definition) is 2. The normalized spacial score (nSPS) is 20.7. The molecule has 0 aromatic heterocycles. The smallest absolute Gasteiger partial charge is 0.323 e. The highest BCUT2D eigenvalue weighted by Crippen LogP contribution is 2.19. The first kappa shape index (κ1) is 17.6. The van der Waals surface area contributed by atoms with Gasteiger partial charge in [-0.05, 0) is 38.8 Å². The molecule has 0 amide bonds. The summed E-state index contributed by atoms with van der Waals surface area (Å²) in [7, 11) is -0.645. The lowest BCUT2D eigenvalue weighted by atomic mass is 9.90. The van der Waals surface area contributed by atoms with Crippen molar-refractivity contribution in [2.24, 2.45) is 0 Å². The Hall–Kier alpha value is -0.460. The fourth-order valence-electron chi connectivity index (χ4n) is 2.59. The van der Waals surface area contributed by atoms with Crippen LogP contribution in [0.1, 0.15) is 39.5 Å². The predicted molar refractivity (Wildman–Crippen MR) is 82.5 cm³/mol. The number of nitrogens with one attached hydrogen (secondary N) is 1. The summed E-state index contributed by atoms with van der Waals surface area (Å²) in [6.45, 7) is 7.37. The summed E-state index contributed by atoms with van der Waals surface area (Å²) in [5, 5.41) is 12.7. The van der Waals surface area contributed by atoms with E-state index in [1.54, 1.807) is 0 Å². The van der Waals surface area contributed by atoms with E-state index in [4.69, 9.17) is 0 Å². The minimum Gasteiger partial charge on any atom is -0.480 e. The molecular formula is C14H28N2O3S. The van der Waals surface area contributed by atoms with Gasteiger partial charge in [-0.15, -0.1) is 0 Å². The average Bonchev–Trinajstić information content (AvgIpc) is 2.44. The summed E-state index contributed by atoms with van der Waals surface area (Å²) >= 11 is 0. The highest BCUT2D eigenvalue weighted by Gasteiger charge is 2.35. The van der Waals surface area contributed by atoms with Crippen molar-refractivity contribution in [2.75, 3.05) is 37.7 Å². The molecule has 0 bridgehead atoms. The highest BCUT2D eigenvalue weighted by atomic mass is 32.2. The van der Waals surface area contributed by atoms with Crippen molar-refractivity contribution in [3.63, 3.8) is 0 Å². The first-order valence-electron chi connectivity index (χ1n) is 7.60. The standard InChI is InChI=1S/C14H28N2O3S/c1-3-7-15-14(4-2,13(17)18)6-5-8-16-9-11-20(19)12-10-16/h15H,3-12H2,1-2H3,(H,17,18). The van der Waals surface area contributed by atoms with Gasteiger partial charge in [-0.25, -0.2) is 0 Å². The van der Waals surface area contributed by atoms with E-state index in [1.807, 2.05) is 13.8 Å². The Labute approximate surface area is 124 Å². The van der Waals surface area contributed by atoms with E-state index < -0.39 is 22.3 Å². The number of carbonyl (C=O) groups is 1. The summed E-state index contributed by atoms with van der Waals surface area (Å²) in [5.74, 6) is 0.769. The first-order valence-corrected chi connectivity index (χ1v) is 9.08. The zero-order valence-corrected chi connectivity index (χ0v) is 13.5. The number of hydrogen-bond acceptors (Lipinski definition) is 4. The van der Waals surface area contributed by atoms with Gasteiger partial charge in [-0.1, -0.05) is 13.8 Å². The number of carboxylic acid groups (broad SMARTS) is 1. The van der Waals surface area contributed by atoms with Crippen LogP contribution >= 0.6 is 0 Å². The predicted octanol–water partition coefficient (Wildman–Crippen LogP) is 1.06. The quantitative estimate of drug-likeness (QED) is 0.667. The van der Waals surface area contributed by atoms with Crippen LogP contribution in [0.4, 0.5) is 0 Å². The van der Waals surface area contributed by atoms with Crippen LogP contribution < -0.4 is 5.32 Å². The fourth-order valence-corrected chi connectivity index (χ4v) is 3.72. The minimum absolute atomic E-state index is 0.604. The summed E-state index contributed by atoms with van der Waals surface area (Å²) in [5.41, 5.74) is -0.783. The van der Waals surface area contributed by atoms with E-state index in [0.29, 0.717) is 12.8 Å². The van der Waals surface area contributed by atoms with Gasteiger partial charge in [0.1, 0.15) is 5.54 Å². The monoisotopic (exact) mass is 304 g/mol. The zero-order valence-electron chi connectivity index (χ0n) is 12.7. The molecule has 1 fully saturated rings. The Morgan fingerprint density at radius 3 is 2.50 bits per heavy atom. The fraction of sp³-hybridized carbons (Fsp3) is 0.929. The molecule has 5 nitrogen and oxygen atoms in total. The minimum atomic E-state index is -0.783. The molecule has 20 heavy (non-hydrogen) atoms. The second kappa shape index (κ2) is 8.74. The van der Waals surface area contributed by atoms with Crippen LogP contribution in [0, 0.1) is 0 Å². The Balaban J connectivity index is 2.41. The van der Waals surface area contributed by atoms with Gasteiger partial charge < -0.3 is 15.3 Å². The molecule has 1 heterocycles. The van der Waals surface area contributed by atoms with Gasteiger partial charge in [0.05, 0.1) is 0 Å². The summed E-state index contributed by atoms with van der Waals surface area (Å²) in [6, 6.07) is 0. The number of rotatable bonds is 9. The summed E-state index contributed by atoms with van der Waals surface area (Å²) in [4.78, 5) is 13.9. The van der Waals surface area contributed by atoms with Crippen LogP contribution in [-0.4, -0.2) is 63.4 Å². The average molecular weight is 304 g/mol. The van der Waals surface area contributed by atoms with Crippen LogP contribution in [0.5, 0.6) is 0 Å². The molecule has 1 saturated heterocycles. The molecule has 0 spiro atoms. The zero-order chi connectivity index (χ0) is 15.0. The van der Waals surface area contributed by atoms with Crippen LogP contribution in [0.3, 0.4) is 0 Å². The molecule has 0 aromatic rings. The van der Waals surface area contributed by atoms with Crippen molar-refractivity contribution in [2.45, 2.75) is 45.1 Å². The third-order valence-electron chi connectivity index (χ3n) is 4.07. The summed E-state index contributed by atoms with van der Waals surface area (Å²) < 4.78 is 11.3. The number of aliphatic carboxylic acids is 1. The van der Waals surface area contributed by atoms with Crippen LogP contribution in [0.2, 0.25) is 0 Å². The van der Waals surface area contributed by atoms with E-state index in [1.165, 1.54) is 0 Å². The molecule has 0 aromatic carbocycles. The van der Waals surface area contributed by atoms with Gasteiger partial charge in [-0.3, -0.25) is 9.00 Å². The molecule has 2 N–H and O–H groups in total. The van der Waals surface area contributed by atoms with E-state index in [-0.39, 0.29) is 0 Å². The Morgan fingerprint density at radius 2 is 2.00 bits per heavy atom. The summed E-state index contributed by atoms with van der Waals surface area (Å²) in [6.07, 6.45) is 3.06. The van der Waals surface area contributed by atoms with Crippen molar-refractivity contribution < 1.29 is 14.1 Å². The maximum atomic E-state index is 11.6. The molecule has 0 saturated carbocycles. The van der Waals surface area contributed by atoms with Crippen molar-refractivity contribution in [3.8, 4) is 0 Å². The maximum Gasteiger partial charge on any atom is 0.323 e. The second-order valence-electron chi connectivity index (χ2n) is 5.46. The number of carboxylic acids is 1. The third kappa shape index (κ3) is 5.14. The van der Waals surface area contributed by atoms with Gasteiger partial charge in [-0.2, -0.15) is 0 Å². The van der Waals surface area contributed by atoms with E-state index in [2.05, 4.69) is 10.2 Å². The topological polar surface area (TPSA) is 69.6 Å². The van der Waals surface area contributed by atoms with Crippen molar-refractivity contribution >= 4 is 16.8 Å². The van der Waals surface area contributed by atoms with Gasteiger partial charge >= 0.3 is 5.97 Å². The lowest BCUT2D eigenvalue weighted by molar-refractivity contribution is -0.145. The van der Waals surface area contributed by atoms with Crippen molar-refractivity contribution in [1.29, 1.82) is 0 Å². The third-order valence-corrected chi connectivity index (χ3v) is 5.35. The molecule has 1 aliphatic rings. The molecule has 6 heteroatoms. The van der Waals surface area contributed by atoms with Gasteiger partial charge in [0.15, 0.2) is 0 Å². The molecule has 1 unspecified atom stereocenters. The largest absolute Gasteiger partial charge is 0.480 e. The van der Waals surface area contributed by atoms with Crippen LogP contribution in [0.25, 0.3) is 0 Å². The number of nitrogens with zero attached hydrogens (tertiary/aromatic N) is 1. The Bertz CT molecular complexity index is 328. The first-order chi connectivity index (χ1) is 9.54. The molecule has 0 aliphatic carbocycles. The van der Waals surface area contributed by atoms with Crippen LogP contribution in [0.15, 0.2) is 0 Å². The molecule has 1 aliphatic heterocycles. The Kier molecular flexibility index (Phi) is 7.69. The van der Waals surface area contributed by atoms with E-state index in [9.17, 15) is 14.1 Å². The van der Waals surface area contributed by atoms with Gasteiger partial charge in [0.2, 0.25) is 0 Å².